The number of amides is 1. The van der Waals surface area contributed by atoms with Gasteiger partial charge in [0.2, 0.25) is 5.91 Å². The van der Waals surface area contributed by atoms with Crippen LogP contribution in [0.2, 0.25) is 0 Å². The van der Waals surface area contributed by atoms with Gasteiger partial charge in [0.15, 0.2) is 0 Å². The maximum absolute atomic E-state index is 12.1. The third-order valence-electron chi connectivity index (χ3n) is 3.12. The summed E-state index contributed by atoms with van der Waals surface area (Å²) in [5, 5.41) is 15.3. The molecular formula is C15H15N2O3S-. The fourth-order valence-corrected chi connectivity index (χ4v) is 2.61. The number of benzene rings is 1. The predicted octanol–water partition coefficient (Wildman–Crippen LogP) is 1.81. The lowest BCUT2D eigenvalue weighted by Gasteiger charge is -2.10. The number of anilines is 1. The van der Waals surface area contributed by atoms with E-state index in [0.29, 0.717) is 10.7 Å². The van der Waals surface area contributed by atoms with Gasteiger partial charge in [0.1, 0.15) is 5.01 Å². The van der Waals surface area contributed by atoms with Crippen LogP contribution in [0, 0.1) is 0 Å². The Bertz CT molecular complexity index is 649. The Kier molecular flexibility index (Phi) is 4.70. The van der Waals surface area contributed by atoms with Gasteiger partial charge in [-0.2, -0.15) is 0 Å². The van der Waals surface area contributed by atoms with Gasteiger partial charge in [0.05, 0.1) is 17.6 Å². The van der Waals surface area contributed by atoms with Gasteiger partial charge < -0.3 is 15.2 Å². The van der Waals surface area contributed by atoms with Crippen molar-refractivity contribution in [3.05, 3.63) is 45.9 Å². The maximum Gasteiger partial charge on any atom is 0.234 e. The maximum atomic E-state index is 12.1. The molecule has 2 rings (SSSR count). The molecule has 0 saturated carbocycles. The molecule has 0 aliphatic heterocycles. The van der Waals surface area contributed by atoms with Crippen LogP contribution in [0.5, 0.6) is 0 Å². The number of aromatic carboxylic acids is 1. The van der Waals surface area contributed by atoms with Gasteiger partial charge in [-0.1, -0.05) is 19.1 Å². The SMILES string of the molecule is CCc1ccc(NC(=O)[C@@H](C)c2nc(C(=O)[O-])cs2)cc1. The van der Waals surface area contributed by atoms with Crippen LogP contribution in [0.15, 0.2) is 29.6 Å². The van der Waals surface area contributed by atoms with Gasteiger partial charge in [-0.05, 0) is 31.0 Å². The molecule has 1 N–H and O–H groups in total. The summed E-state index contributed by atoms with van der Waals surface area (Å²) in [6, 6.07) is 7.60. The van der Waals surface area contributed by atoms with Crippen molar-refractivity contribution in [2.45, 2.75) is 26.2 Å². The van der Waals surface area contributed by atoms with Crippen LogP contribution < -0.4 is 10.4 Å². The quantitative estimate of drug-likeness (QED) is 0.913. The molecule has 0 bridgehead atoms. The summed E-state index contributed by atoms with van der Waals surface area (Å²) in [7, 11) is 0. The Morgan fingerprint density at radius 1 is 1.33 bits per heavy atom. The van der Waals surface area contributed by atoms with Crippen LogP contribution >= 0.6 is 11.3 Å². The Morgan fingerprint density at radius 2 is 2.00 bits per heavy atom. The van der Waals surface area contributed by atoms with Crippen LogP contribution in [-0.4, -0.2) is 16.9 Å². The third kappa shape index (κ3) is 3.66. The second-order valence-corrected chi connectivity index (χ2v) is 5.51. The summed E-state index contributed by atoms with van der Waals surface area (Å²) >= 11 is 1.14. The smallest absolute Gasteiger partial charge is 0.234 e. The summed E-state index contributed by atoms with van der Waals surface area (Å²) in [5.74, 6) is -2.08. The summed E-state index contributed by atoms with van der Waals surface area (Å²) < 4.78 is 0. The number of carboxylic acids is 1. The van der Waals surface area contributed by atoms with Crippen molar-refractivity contribution in [2.24, 2.45) is 0 Å². The van der Waals surface area contributed by atoms with Gasteiger partial charge in [-0.15, -0.1) is 11.3 Å². The number of nitrogens with zero attached hydrogens (tertiary/aromatic N) is 1. The summed E-state index contributed by atoms with van der Waals surface area (Å²) in [4.78, 5) is 26.7. The number of aromatic nitrogens is 1. The molecule has 0 fully saturated rings. The second kappa shape index (κ2) is 6.49. The first kappa shape index (κ1) is 15.2. The topological polar surface area (TPSA) is 82.1 Å². The number of aryl methyl sites for hydroxylation is 1. The zero-order valence-electron chi connectivity index (χ0n) is 11.8. The number of rotatable bonds is 5. The van der Waals surface area contributed by atoms with Crippen LogP contribution in [-0.2, 0) is 11.2 Å². The second-order valence-electron chi connectivity index (χ2n) is 4.62. The Labute approximate surface area is 126 Å². The van der Waals surface area contributed by atoms with Crippen molar-refractivity contribution in [2.75, 3.05) is 5.32 Å². The molecule has 21 heavy (non-hydrogen) atoms. The minimum Gasteiger partial charge on any atom is -0.543 e. The first-order chi connectivity index (χ1) is 10.0. The number of nitrogens with one attached hydrogen (secondary N) is 1. The first-order valence-corrected chi connectivity index (χ1v) is 7.45. The van der Waals surface area contributed by atoms with Crippen molar-refractivity contribution in [3.63, 3.8) is 0 Å². The first-order valence-electron chi connectivity index (χ1n) is 6.57. The minimum absolute atomic E-state index is 0.137. The van der Waals surface area contributed by atoms with Crippen molar-refractivity contribution >= 4 is 28.9 Å². The van der Waals surface area contributed by atoms with Crippen LogP contribution in [0.3, 0.4) is 0 Å². The lowest BCUT2D eigenvalue weighted by atomic mass is 10.1. The highest BCUT2D eigenvalue weighted by atomic mass is 32.1. The van der Waals surface area contributed by atoms with Gasteiger partial charge in [-0.25, -0.2) is 4.98 Å². The van der Waals surface area contributed by atoms with Crippen molar-refractivity contribution in [1.82, 2.24) is 4.98 Å². The van der Waals surface area contributed by atoms with Crippen LogP contribution in [0.1, 0.15) is 40.8 Å². The van der Waals surface area contributed by atoms with E-state index in [-0.39, 0.29) is 11.6 Å². The molecule has 0 spiro atoms. The Hall–Kier alpha value is -2.21. The molecular weight excluding hydrogens is 288 g/mol. The minimum atomic E-state index is -1.33. The van der Waals surface area contributed by atoms with E-state index in [9.17, 15) is 14.7 Å². The Balaban J connectivity index is 2.05. The molecule has 1 aromatic heterocycles. The highest BCUT2D eigenvalue weighted by molar-refractivity contribution is 7.10. The van der Waals surface area contributed by atoms with Crippen LogP contribution in [0.25, 0.3) is 0 Å². The zero-order valence-corrected chi connectivity index (χ0v) is 12.6. The standard InChI is InChI=1S/C15H16N2O3S/c1-3-10-4-6-11(7-5-10)16-13(18)9(2)14-17-12(8-21-14)15(19)20/h4-9H,3H2,1-2H3,(H,16,18)(H,19,20)/p-1/t9-/m1/s1. The molecule has 110 valence electrons. The molecule has 6 heteroatoms. The van der Waals surface area contributed by atoms with E-state index in [2.05, 4.69) is 17.2 Å². The molecule has 1 heterocycles. The summed E-state index contributed by atoms with van der Waals surface area (Å²) in [6.07, 6.45) is 0.940. The molecule has 0 aliphatic carbocycles. The van der Waals surface area contributed by atoms with Gasteiger partial charge in [-0.3, -0.25) is 4.79 Å². The summed E-state index contributed by atoms with van der Waals surface area (Å²) in [6.45, 7) is 3.75. The predicted molar refractivity (Wildman–Crippen MR) is 79.3 cm³/mol. The number of carbonyl (C=O) groups is 2. The molecule has 0 radical (unpaired) electrons. The monoisotopic (exact) mass is 303 g/mol. The van der Waals surface area contributed by atoms with Crippen molar-refractivity contribution in [3.8, 4) is 0 Å². The molecule has 0 saturated heterocycles. The lowest BCUT2D eigenvalue weighted by Crippen LogP contribution is -2.23. The van der Waals surface area contributed by atoms with E-state index in [0.717, 1.165) is 17.8 Å². The van der Waals surface area contributed by atoms with Crippen LogP contribution in [0.4, 0.5) is 5.69 Å². The average molecular weight is 303 g/mol. The molecule has 1 aromatic carbocycles. The van der Waals surface area contributed by atoms with Gasteiger partial charge >= 0.3 is 0 Å². The fraction of sp³-hybridized carbons (Fsp3) is 0.267. The van der Waals surface area contributed by atoms with E-state index in [1.165, 1.54) is 10.9 Å². The zero-order chi connectivity index (χ0) is 15.4. The highest BCUT2D eigenvalue weighted by Gasteiger charge is 2.19. The molecule has 5 nitrogen and oxygen atoms in total. The highest BCUT2D eigenvalue weighted by Crippen LogP contribution is 2.22. The van der Waals surface area contributed by atoms with Crippen molar-refractivity contribution in [1.29, 1.82) is 0 Å². The number of carboxylic acid groups (broad SMARTS) is 1. The number of carbonyl (C=O) groups excluding carboxylic acids is 2. The Morgan fingerprint density at radius 3 is 2.52 bits per heavy atom. The van der Waals surface area contributed by atoms with Crippen molar-refractivity contribution < 1.29 is 14.7 Å². The van der Waals surface area contributed by atoms with Gasteiger partial charge in [0, 0.05) is 11.1 Å². The largest absolute Gasteiger partial charge is 0.543 e. The number of hydrogen-bond acceptors (Lipinski definition) is 5. The lowest BCUT2D eigenvalue weighted by molar-refractivity contribution is -0.255. The number of thiazole rings is 1. The number of hydrogen-bond donors (Lipinski definition) is 1. The fourth-order valence-electron chi connectivity index (χ4n) is 1.77. The molecule has 0 unspecified atom stereocenters. The normalized spacial score (nSPS) is 11.9. The summed E-state index contributed by atoms with van der Waals surface area (Å²) in [5.41, 5.74) is 1.77. The van der Waals surface area contributed by atoms with E-state index in [4.69, 9.17) is 0 Å². The van der Waals surface area contributed by atoms with E-state index < -0.39 is 11.9 Å². The molecule has 1 amide bonds. The molecule has 0 aliphatic rings. The van der Waals surface area contributed by atoms with E-state index >= 15 is 0 Å². The molecule has 2 aromatic rings. The molecule has 1 atom stereocenters. The van der Waals surface area contributed by atoms with Gasteiger partial charge in [0.25, 0.3) is 0 Å². The average Bonchev–Trinajstić information content (AvgIpc) is 2.97. The third-order valence-corrected chi connectivity index (χ3v) is 4.15. The van der Waals surface area contributed by atoms with E-state index in [1.807, 2.05) is 24.3 Å². The van der Waals surface area contributed by atoms with E-state index in [1.54, 1.807) is 6.92 Å².